The summed E-state index contributed by atoms with van der Waals surface area (Å²) < 4.78 is 1.45. The Hall–Kier alpha value is -3.17. The number of aromatic nitrogens is 5. The SMILES string of the molecule is Cc1ccc(Cc2nn3c(SCC(=O)Nc4cc(Cl)ccc4C)nnc3[nH]c2=O)cc1. The van der Waals surface area contributed by atoms with Crippen molar-refractivity contribution in [3.63, 3.8) is 0 Å². The molecule has 158 valence electrons. The van der Waals surface area contributed by atoms with E-state index >= 15 is 0 Å². The molecule has 0 aliphatic rings. The molecule has 2 N–H and O–H groups in total. The third kappa shape index (κ3) is 4.95. The van der Waals surface area contributed by atoms with Crippen molar-refractivity contribution in [3.8, 4) is 0 Å². The minimum absolute atomic E-state index is 0.0981. The Morgan fingerprint density at radius 1 is 1.16 bits per heavy atom. The predicted octanol–water partition coefficient (Wildman–Crippen LogP) is 3.40. The summed E-state index contributed by atoms with van der Waals surface area (Å²) in [5, 5.41) is 16.2. The van der Waals surface area contributed by atoms with Gasteiger partial charge in [-0.25, -0.2) is 0 Å². The fraction of sp³-hybridized carbons (Fsp3) is 0.190. The monoisotopic (exact) mass is 454 g/mol. The maximum atomic E-state index is 12.4. The van der Waals surface area contributed by atoms with Gasteiger partial charge >= 0.3 is 0 Å². The number of hydrogen-bond acceptors (Lipinski definition) is 6. The van der Waals surface area contributed by atoms with Crippen molar-refractivity contribution in [1.29, 1.82) is 0 Å². The van der Waals surface area contributed by atoms with Crippen LogP contribution in [0, 0.1) is 13.8 Å². The van der Waals surface area contributed by atoms with Crippen LogP contribution in [0.25, 0.3) is 5.78 Å². The first kappa shape index (κ1) is 21.1. The topological polar surface area (TPSA) is 105 Å². The van der Waals surface area contributed by atoms with Crippen molar-refractivity contribution >= 4 is 40.7 Å². The number of amides is 1. The highest BCUT2D eigenvalue weighted by atomic mass is 35.5. The van der Waals surface area contributed by atoms with Gasteiger partial charge in [0.2, 0.25) is 11.1 Å². The molecule has 2 heterocycles. The number of nitrogens with one attached hydrogen (secondary N) is 2. The van der Waals surface area contributed by atoms with E-state index in [9.17, 15) is 9.59 Å². The third-order valence-electron chi connectivity index (χ3n) is 4.62. The number of nitrogens with zero attached hydrogens (tertiary/aromatic N) is 4. The molecule has 0 unspecified atom stereocenters. The molecule has 2 aromatic heterocycles. The molecular weight excluding hydrogens is 436 g/mol. The minimum atomic E-state index is -0.314. The van der Waals surface area contributed by atoms with E-state index in [4.69, 9.17) is 11.6 Å². The lowest BCUT2D eigenvalue weighted by Crippen LogP contribution is -2.19. The second-order valence-corrected chi connectivity index (χ2v) is 8.46. The van der Waals surface area contributed by atoms with Crippen LogP contribution in [0.5, 0.6) is 0 Å². The third-order valence-corrected chi connectivity index (χ3v) is 5.77. The maximum Gasteiger partial charge on any atom is 0.274 e. The molecule has 0 saturated heterocycles. The van der Waals surface area contributed by atoms with Gasteiger partial charge in [-0.15, -0.1) is 10.2 Å². The number of hydrogen-bond donors (Lipinski definition) is 2. The Labute approximate surface area is 187 Å². The lowest BCUT2D eigenvalue weighted by atomic mass is 10.1. The van der Waals surface area contributed by atoms with E-state index in [-0.39, 0.29) is 23.0 Å². The fourth-order valence-corrected chi connectivity index (χ4v) is 3.78. The highest BCUT2D eigenvalue weighted by Gasteiger charge is 2.14. The molecule has 0 saturated carbocycles. The number of rotatable bonds is 6. The second kappa shape index (κ2) is 8.91. The van der Waals surface area contributed by atoms with Crippen LogP contribution in [0.4, 0.5) is 5.69 Å². The zero-order chi connectivity index (χ0) is 22.0. The lowest BCUT2D eigenvalue weighted by Gasteiger charge is -2.08. The summed E-state index contributed by atoms with van der Waals surface area (Å²) in [6, 6.07) is 13.2. The summed E-state index contributed by atoms with van der Waals surface area (Å²) in [6.45, 7) is 3.90. The van der Waals surface area contributed by atoms with E-state index in [1.807, 2.05) is 44.2 Å². The molecule has 0 aliphatic carbocycles. The molecule has 0 aliphatic heterocycles. The molecule has 0 bridgehead atoms. The van der Waals surface area contributed by atoms with Crippen LogP contribution < -0.4 is 10.9 Å². The summed E-state index contributed by atoms with van der Waals surface area (Å²) in [4.78, 5) is 27.4. The highest BCUT2D eigenvalue weighted by molar-refractivity contribution is 7.99. The number of halogens is 1. The van der Waals surface area contributed by atoms with Gasteiger partial charge in [0.05, 0.1) is 5.75 Å². The molecule has 4 aromatic rings. The molecule has 0 fully saturated rings. The Morgan fingerprint density at radius 3 is 2.71 bits per heavy atom. The Bertz CT molecular complexity index is 1320. The largest absolute Gasteiger partial charge is 0.325 e. The molecule has 2 aromatic carbocycles. The molecule has 1 amide bonds. The van der Waals surface area contributed by atoms with Crippen molar-refractivity contribution in [2.45, 2.75) is 25.4 Å². The smallest absolute Gasteiger partial charge is 0.274 e. The van der Waals surface area contributed by atoms with E-state index in [1.54, 1.807) is 12.1 Å². The van der Waals surface area contributed by atoms with E-state index in [2.05, 4.69) is 25.6 Å². The molecular formula is C21H19ClN6O2S. The number of aryl methyl sites for hydroxylation is 2. The van der Waals surface area contributed by atoms with E-state index in [0.29, 0.717) is 28.0 Å². The summed E-state index contributed by atoms with van der Waals surface area (Å²) in [5.41, 5.74) is 3.72. The van der Waals surface area contributed by atoms with Crippen molar-refractivity contribution in [3.05, 3.63) is 80.2 Å². The molecule has 0 radical (unpaired) electrons. The summed E-state index contributed by atoms with van der Waals surface area (Å²) in [6.07, 6.45) is 0.377. The quantitative estimate of drug-likeness (QED) is 0.432. The van der Waals surface area contributed by atoms with Gasteiger partial charge in [0.15, 0.2) is 0 Å². The molecule has 10 heteroatoms. The zero-order valence-electron chi connectivity index (χ0n) is 16.8. The standard InChI is InChI=1S/C21H19ClN6O2S/c1-12-3-6-14(7-4-12)9-17-19(30)24-20-25-26-21(28(20)27-17)31-11-18(29)23-16-10-15(22)8-5-13(16)2/h3-8,10H,9,11H2,1-2H3,(H,23,29)(H,24,25,30). The van der Waals surface area contributed by atoms with Crippen LogP contribution in [0.2, 0.25) is 5.02 Å². The first-order chi connectivity index (χ1) is 14.9. The molecule has 31 heavy (non-hydrogen) atoms. The fourth-order valence-electron chi connectivity index (χ4n) is 2.92. The first-order valence-corrected chi connectivity index (χ1v) is 10.8. The number of thioether (sulfide) groups is 1. The van der Waals surface area contributed by atoms with Gasteiger partial charge in [0.1, 0.15) is 5.69 Å². The van der Waals surface area contributed by atoms with Gasteiger partial charge < -0.3 is 5.32 Å². The second-order valence-electron chi connectivity index (χ2n) is 7.08. The van der Waals surface area contributed by atoms with Crippen LogP contribution >= 0.6 is 23.4 Å². The van der Waals surface area contributed by atoms with Crippen LogP contribution in [-0.2, 0) is 11.2 Å². The van der Waals surface area contributed by atoms with Crippen LogP contribution in [0.15, 0.2) is 52.4 Å². The van der Waals surface area contributed by atoms with Crippen LogP contribution in [-0.4, -0.2) is 36.5 Å². The Morgan fingerprint density at radius 2 is 1.94 bits per heavy atom. The minimum Gasteiger partial charge on any atom is -0.325 e. The van der Waals surface area contributed by atoms with Gasteiger partial charge in [-0.1, -0.05) is 59.3 Å². The number of aromatic amines is 1. The average molecular weight is 455 g/mol. The normalized spacial score (nSPS) is 11.1. The number of carbonyl (C=O) groups is 1. The van der Waals surface area contributed by atoms with Gasteiger partial charge in [0, 0.05) is 17.1 Å². The van der Waals surface area contributed by atoms with Crippen molar-refractivity contribution in [2.75, 3.05) is 11.1 Å². The van der Waals surface area contributed by atoms with E-state index in [0.717, 1.165) is 16.7 Å². The number of benzene rings is 2. The maximum absolute atomic E-state index is 12.4. The number of fused-ring (bicyclic) bond motifs is 1. The first-order valence-electron chi connectivity index (χ1n) is 9.48. The number of anilines is 1. The van der Waals surface area contributed by atoms with Gasteiger partial charge in [0.25, 0.3) is 11.3 Å². The van der Waals surface area contributed by atoms with Crippen molar-refractivity contribution < 1.29 is 4.79 Å². The van der Waals surface area contributed by atoms with E-state index in [1.165, 1.54) is 16.3 Å². The summed E-state index contributed by atoms with van der Waals surface area (Å²) >= 11 is 7.18. The van der Waals surface area contributed by atoms with E-state index < -0.39 is 0 Å². The number of carbonyl (C=O) groups excluding carboxylic acids is 1. The molecule has 0 atom stereocenters. The lowest BCUT2D eigenvalue weighted by molar-refractivity contribution is -0.113. The number of H-pyrrole nitrogens is 1. The molecule has 4 rings (SSSR count). The van der Waals surface area contributed by atoms with Crippen molar-refractivity contribution in [1.82, 2.24) is 24.8 Å². The summed E-state index contributed by atoms with van der Waals surface area (Å²) in [5.74, 6) is 0.114. The van der Waals surface area contributed by atoms with Gasteiger partial charge in [-0.05, 0) is 37.1 Å². The van der Waals surface area contributed by atoms with Gasteiger partial charge in [-0.3, -0.25) is 14.6 Å². The Balaban J connectivity index is 1.50. The average Bonchev–Trinajstić information content (AvgIpc) is 3.12. The van der Waals surface area contributed by atoms with Gasteiger partial charge in [-0.2, -0.15) is 9.61 Å². The van der Waals surface area contributed by atoms with Crippen molar-refractivity contribution in [2.24, 2.45) is 0 Å². The van der Waals surface area contributed by atoms with Crippen LogP contribution in [0.1, 0.15) is 22.4 Å². The zero-order valence-corrected chi connectivity index (χ0v) is 18.4. The molecule has 0 spiro atoms. The van der Waals surface area contributed by atoms with Crippen LogP contribution in [0.3, 0.4) is 0 Å². The Kier molecular flexibility index (Phi) is 6.06. The highest BCUT2D eigenvalue weighted by Crippen LogP contribution is 2.21. The summed E-state index contributed by atoms with van der Waals surface area (Å²) in [7, 11) is 0. The molecule has 8 nitrogen and oxygen atoms in total. The predicted molar refractivity (Wildman–Crippen MR) is 121 cm³/mol.